The van der Waals surface area contributed by atoms with Crippen molar-refractivity contribution in [2.75, 3.05) is 19.7 Å². The molecule has 0 saturated heterocycles. The van der Waals surface area contributed by atoms with Crippen molar-refractivity contribution in [1.29, 1.82) is 0 Å². The molecule has 1 fully saturated rings. The molecule has 1 aromatic carbocycles. The number of ether oxygens (including phenoxy) is 1. The first kappa shape index (κ1) is 12.2. The van der Waals surface area contributed by atoms with Gasteiger partial charge in [-0.15, -0.1) is 0 Å². The standard InChI is InChI=1S/C12H15BrClNO/c13-10-3-4-12(11(14)7-10)16-6-5-15-8-9-1-2-9/h3-4,7,9,15H,1-2,5-6,8H2. The van der Waals surface area contributed by atoms with Gasteiger partial charge < -0.3 is 10.1 Å². The molecule has 0 amide bonds. The molecule has 1 aliphatic rings. The maximum absolute atomic E-state index is 6.03. The van der Waals surface area contributed by atoms with Crippen LogP contribution in [0, 0.1) is 5.92 Å². The van der Waals surface area contributed by atoms with E-state index in [0.717, 1.165) is 29.2 Å². The second kappa shape index (κ2) is 5.89. The van der Waals surface area contributed by atoms with Gasteiger partial charge in [-0.05, 0) is 43.5 Å². The van der Waals surface area contributed by atoms with Gasteiger partial charge >= 0.3 is 0 Å². The second-order valence-corrected chi connectivity index (χ2v) is 5.39. The molecule has 2 rings (SSSR count). The highest BCUT2D eigenvalue weighted by Crippen LogP contribution is 2.28. The van der Waals surface area contributed by atoms with Crippen molar-refractivity contribution in [3.8, 4) is 5.75 Å². The molecule has 1 aromatic rings. The van der Waals surface area contributed by atoms with Gasteiger partial charge in [0.2, 0.25) is 0 Å². The van der Waals surface area contributed by atoms with Gasteiger partial charge in [-0.2, -0.15) is 0 Å². The summed E-state index contributed by atoms with van der Waals surface area (Å²) in [6.07, 6.45) is 2.76. The highest BCUT2D eigenvalue weighted by molar-refractivity contribution is 9.10. The van der Waals surface area contributed by atoms with Crippen molar-refractivity contribution in [2.24, 2.45) is 5.92 Å². The Bertz CT molecular complexity index is 355. The van der Waals surface area contributed by atoms with E-state index in [2.05, 4.69) is 21.2 Å². The number of rotatable bonds is 6. The van der Waals surface area contributed by atoms with Crippen LogP contribution < -0.4 is 10.1 Å². The first-order chi connectivity index (χ1) is 7.75. The van der Waals surface area contributed by atoms with Crippen LogP contribution in [-0.2, 0) is 0 Å². The van der Waals surface area contributed by atoms with E-state index < -0.39 is 0 Å². The fourth-order valence-corrected chi connectivity index (χ4v) is 2.18. The monoisotopic (exact) mass is 303 g/mol. The third-order valence-corrected chi connectivity index (χ3v) is 3.35. The Morgan fingerprint density at radius 1 is 1.44 bits per heavy atom. The van der Waals surface area contributed by atoms with Gasteiger partial charge in [-0.25, -0.2) is 0 Å². The molecule has 0 bridgehead atoms. The molecule has 1 N–H and O–H groups in total. The number of benzene rings is 1. The zero-order valence-corrected chi connectivity index (χ0v) is 11.4. The minimum Gasteiger partial charge on any atom is -0.491 e. The van der Waals surface area contributed by atoms with E-state index in [1.54, 1.807) is 0 Å². The Labute approximate surface area is 109 Å². The number of hydrogen-bond acceptors (Lipinski definition) is 2. The first-order valence-electron chi connectivity index (χ1n) is 5.54. The average molecular weight is 305 g/mol. The van der Waals surface area contributed by atoms with Crippen LogP contribution in [0.5, 0.6) is 5.75 Å². The van der Waals surface area contributed by atoms with Crippen molar-refractivity contribution >= 4 is 27.5 Å². The predicted octanol–water partition coefficient (Wildman–Crippen LogP) is 3.48. The van der Waals surface area contributed by atoms with Crippen LogP contribution in [0.4, 0.5) is 0 Å². The lowest BCUT2D eigenvalue weighted by Crippen LogP contribution is -2.23. The van der Waals surface area contributed by atoms with Crippen LogP contribution in [0.1, 0.15) is 12.8 Å². The molecule has 4 heteroatoms. The third kappa shape index (κ3) is 3.96. The van der Waals surface area contributed by atoms with Gasteiger partial charge in [-0.3, -0.25) is 0 Å². The Kier molecular flexibility index (Phi) is 4.50. The SMILES string of the molecule is Clc1cc(Br)ccc1OCCNCC1CC1. The third-order valence-electron chi connectivity index (χ3n) is 2.56. The van der Waals surface area contributed by atoms with E-state index in [1.807, 2.05) is 18.2 Å². The normalized spacial score (nSPS) is 15.1. The molecule has 1 saturated carbocycles. The summed E-state index contributed by atoms with van der Waals surface area (Å²) in [7, 11) is 0. The van der Waals surface area contributed by atoms with Crippen LogP contribution in [0.15, 0.2) is 22.7 Å². The van der Waals surface area contributed by atoms with Gasteiger partial charge in [0.25, 0.3) is 0 Å². The molecule has 0 heterocycles. The van der Waals surface area contributed by atoms with Gasteiger partial charge in [0.15, 0.2) is 0 Å². The maximum Gasteiger partial charge on any atom is 0.138 e. The molecule has 0 atom stereocenters. The summed E-state index contributed by atoms with van der Waals surface area (Å²) < 4.78 is 6.55. The Morgan fingerprint density at radius 3 is 2.94 bits per heavy atom. The molecule has 0 spiro atoms. The zero-order valence-electron chi connectivity index (χ0n) is 9.01. The topological polar surface area (TPSA) is 21.3 Å². The van der Waals surface area contributed by atoms with Crippen LogP contribution in [0.3, 0.4) is 0 Å². The molecule has 0 aliphatic heterocycles. The maximum atomic E-state index is 6.03. The Morgan fingerprint density at radius 2 is 2.25 bits per heavy atom. The predicted molar refractivity (Wildman–Crippen MR) is 70.2 cm³/mol. The van der Waals surface area contributed by atoms with Crippen LogP contribution in [0.25, 0.3) is 0 Å². The summed E-state index contributed by atoms with van der Waals surface area (Å²) in [5.41, 5.74) is 0. The summed E-state index contributed by atoms with van der Waals surface area (Å²) in [6.45, 7) is 2.66. The van der Waals surface area contributed by atoms with Gasteiger partial charge in [0, 0.05) is 11.0 Å². The van der Waals surface area contributed by atoms with Crippen LogP contribution in [-0.4, -0.2) is 19.7 Å². The van der Waals surface area contributed by atoms with E-state index in [0.29, 0.717) is 11.6 Å². The first-order valence-corrected chi connectivity index (χ1v) is 6.71. The Balaban J connectivity index is 1.67. The summed E-state index contributed by atoms with van der Waals surface area (Å²) in [5, 5.41) is 4.02. The molecule has 16 heavy (non-hydrogen) atoms. The molecule has 0 radical (unpaired) electrons. The molecular formula is C12H15BrClNO. The quantitative estimate of drug-likeness (QED) is 0.813. The van der Waals surface area contributed by atoms with Crippen LogP contribution >= 0.6 is 27.5 Å². The fourth-order valence-electron chi connectivity index (χ4n) is 1.45. The van der Waals surface area contributed by atoms with Gasteiger partial charge in [0.05, 0.1) is 5.02 Å². The van der Waals surface area contributed by atoms with Crippen molar-refractivity contribution in [1.82, 2.24) is 5.32 Å². The smallest absolute Gasteiger partial charge is 0.138 e. The molecular weight excluding hydrogens is 289 g/mol. The average Bonchev–Trinajstić information content (AvgIpc) is 3.04. The lowest BCUT2D eigenvalue weighted by Gasteiger charge is -2.08. The van der Waals surface area contributed by atoms with Crippen molar-refractivity contribution in [3.05, 3.63) is 27.7 Å². The lowest BCUT2D eigenvalue weighted by atomic mass is 10.3. The number of halogens is 2. The molecule has 0 aromatic heterocycles. The molecule has 2 nitrogen and oxygen atoms in total. The molecule has 1 aliphatic carbocycles. The second-order valence-electron chi connectivity index (χ2n) is 4.07. The van der Waals surface area contributed by atoms with Crippen molar-refractivity contribution in [3.63, 3.8) is 0 Å². The molecule has 0 unspecified atom stereocenters. The fraction of sp³-hybridized carbons (Fsp3) is 0.500. The van der Waals surface area contributed by atoms with Crippen LogP contribution in [0.2, 0.25) is 5.02 Å². The summed E-state index contributed by atoms with van der Waals surface area (Å²) in [5.74, 6) is 1.66. The zero-order chi connectivity index (χ0) is 11.4. The van der Waals surface area contributed by atoms with E-state index >= 15 is 0 Å². The summed E-state index contributed by atoms with van der Waals surface area (Å²) in [4.78, 5) is 0. The van der Waals surface area contributed by atoms with E-state index in [9.17, 15) is 0 Å². The largest absolute Gasteiger partial charge is 0.491 e. The summed E-state index contributed by atoms with van der Waals surface area (Å²) in [6, 6.07) is 5.65. The number of nitrogens with one attached hydrogen (secondary N) is 1. The van der Waals surface area contributed by atoms with Gasteiger partial charge in [-0.1, -0.05) is 27.5 Å². The minimum atomic E-state index is 0.650. The van der Waals surface area contributed by atoms with Crippen molar-refractivity contribution < 1.29 is 4.74 Å². The summed E-state index contributed by atoms with van der Waals surface area (Å²) >= 11 is 9.39. The lowest BCUT2D eigenvalue weighted by molar-refractivity contribution is 0.313. The van der Waals surface area contributed by atoms with E-state index in [4.69, 9.17) is 16.3 Å². The minimum absolute atomic E-state index is 0.650. The highest BCUT2D eigenvalue weighted by Gasteiger charge is 2.19. The van der Waals surface area contributed by atoms with E-state index in [1.165, 1.54) is 12.8 Å². The molecule has 88 valence electrons. The van der Waals surface area contributed by atoms with E-state index in [-0.39, 0.29) is 0 Å². The van der Waals surface area contributed by atoms with Crippen molar-refractivity contribution in [2.45, 2.75) is 12.8 Å². The van der Waals surface area contributed by atoms with Gasteiger partial charge in [0.1, 0.15) is 12.4 Å². The highest BCUT2D eigenvalue weighted by atomic mass is 79.9. The number of hydrogen-bond donors (Lipinski definition) is 1. The Hall–Kier alpha value is -0.250.